The number of hydrogen-bond donors (Lipinski definition) is 2. The fourth-order valence-corrected chi connectivity index (χ4v) is 3.92. The number of aromatic nitrogens is 6. The van der Waals surface area contributed by atoms with Gasteiger partial charge in [0.2, 0.25) is 0 Å². The van der Waals surface area contributed by atoms with E-state index >= 15 is 0 Å². The number of amides is 1. The Labute approximate surface area is 168 Å². The minimum absolute atomic E-state index is 0.154. The number of H-pyrrole nitrogens is 1. The summed E-state index contributed by atoms with van der Waals surface area (Å²) in [4.78, 5) is 36.9. The number of piperidine rings is 1. The van der Waals surface area contributed by atoms with Crippen molar-refractivity contribution < 1.29 is 9.90 Å². The largest absolute Gasteiger partial charge is 0.465 e. The lowest BCUT2D eigenvalue weighted by Gasteiger charge is -2.30. The maximum Gasteiger partial charge on any atom is 0.407 e. The van der Waals surface area contributed by atoms with E-state index in [0.29, 0.717) is 59.6 Å². The van der Waals surface area contributed by atoms with Gasteiger partial charge in [-0.05, 0) is 25.0 Å². The highest BCUT2D eigenvalue weighted by atomic mass is 16.4. The molecule has 5 rings (SSSR count). The second-order valence-corrected chi connectivity index (χ2v) is 7.15. The van der Waals surface area contributed by atoms with Crippen molar-refractivity contribution in [2.75, 3.05) is 13.1 Å². The maximum atomic E-state index is 12.6. The van der Waals surface area contributed by atoms with Crippen LogP contribution in [0, 0.1) is 11.3 Å². The molecule has 1 saturated heterocycles. The molecule has 2 N–H and O–H groups in total. The van der Waals surface area contributed by atoms with E-state index in [0.717, 1.165) is 0 Å². The molecular weight excluding hydrogens is 388 g/mol. The fraction of sp³-hybridized carbons (Fsp3) is 0.263. The van der Waals surface area contributed by atoms with E-state index in [1.54, 1.807) is 39.8 Å². The molecule has 0 spiro atoms. The van der Waals surface area contributed by atoms with Crippen LogP contribution in [-0.2, 0) is 0 Å². The topological polar surface area (TPSA) is 145 Å². The number of nitrogens with one attached hydrogen (secondary N) is 1. The van der Waals surface area contributed by atoms with Crippen molar-refractivity contribution in [3.8, 4) is 17.5 Å². The molecule has 0 aliphatic carbocycles. The van der Waals surface area contributed by atoms with Crippen LogP contribution in [0.1, 0.15) is 24.4 Å². The lowest BCUT2D eigenvalue weighted by Crippen LogP contribution is -2.39. The van der Waals surface area contributed by atoms with E-state index in [1.807, 2.05) is 0 Å². The van der Waals surface area contributed by atoms with Crippen LogP contribution in [0.4, 0.5) is 4.79 Å². The average Bonchev–Trinajstić information content (AvgIpc) is 3.32. The third kappa shape index (κ3) is 2.77. The molecule has 0 saturated carbocycles. The van der Waals surface area contributed by atoms with Gasteiger partial charge in [-0.15, -0.1) is 0 Å². The molecule has 1 fully saturated rings. The standard InChI is InChI=1S/C19H16N8O3/c20-8-11-1-6-26-15(7-11)13(9-22-26)16-21-10-14-17(24-16)27(18(28)23-14)12-2-4-25(5-3-12)19(29)30/h1,6-7,9-10,12H,2-5H2,(H,23,28)(H,29,30). The molecule has 1 amide bonds. The summed E-state index contributed by atoms with van der Waals surface area (Å²) in [5, 5.41) is 22.6. The second kappa shape index (κ2) is 6.70. The first-order chi connectivity index (χ1) is 14.5. The van der Waals surface area contributed by atoms with Gasteiger partial charge in [-0.3, -0.25) is 4.57 Å². The molecule has 5 heterocycles. The van der Waals surface area contributed by atoms with Crippen LogP contribution in [-0.4, -0.2) is 58.3 Å². The summed E-state index contributed by atoms with van der Waals surface area (Å²) in [5.41, 5.74) is 2.52. The van der Waals surface area contributed by atoms with E-state index in [1.165, 1.54) is 4.90 Å². The van der Waals surface area contributed by atoms with Gasteiger partial charge in [0.25, 0.3) is 0 Å². The van der Waals surface area contributed by atoms with Gasteiger partial charge in [-0.25, -0.2) is 24.1 Å². The molecule has 150 valence electrons. The fourth-order valence-electron chi connectivity index (χ4n) is 3.92. The molecule has 0 radical (unpaired) electrons. The number of pyridine rings is 1. The highest BCUT2D eigenvalue weighted by molar-refractivity contribution is 5.80. The van der Waals surface area contributed by atoms with Gasteiger partial charge in [-0.2, -0.15) is 10.4 Å². The van der Waals surface area contributed by atoms with E-state index < -0.39 is 6.09 Å². The third-order valence-corrected chi connectivity index (χ3v) is 5.45. The Bertz CT molecular complexity index is 1380. The first kappa shape index (κ1) is 17.9. The summed E-state index contributed by atoms with van der Waals surface area (Å²) in [6.07, 6.45) is 4.98. The first-order valence-electron chi connectivity index (χ1n) is 9.38. The summed E-state index contributed by atoms with van der Waals surface area (Å²) in [7, 11) is 0. The van der Waals surface area contributed by atoms with Gasteiger partial charge < -0.3 is 15.0 Å². The molecular formula is C19H16N8O3. The van der Waals surface area contributed by atoms with Crippen LogP contribution in [0.25, 0.3) is 28.1 Å². The summed E-state index contributed by atoms with van der Waals surface area (Å²) >= 11 is 0. The number of aromatic amines is 1. The number of likely N-dealkylation sites (tertiary alicyclic amines) is 1. The molecule has 4 aromatic rings. The van der Waals surface area contributed by atoms with Gasteiger partial charge >= 0.3 is 11.8 Å². The number of nitriles is 1. The molecule has 4 aromatic heterocycles. The summed E-state index contributed by atoms with van der Waals surface area (Å²) in [5.74, 6) is 0.392. The number of carboxylic acid groups (broad SMARTS) is 1. The lowest BCUT2D eigenvalue weighted by molar-refractivity contribution is 0.125. The van der Waals surface area contributed by atoms with E-state index in [-0.39, 0.29) is 11.7 Å². The summed E-state index contributed by atoms with van der Waals surface area (Å²) in [6, 6.07) is 5.33. The highest BCUT2D eigenvalue weighted by Gasteiger charge is 2.26. The second-order valence-electron chi connectivity index (χ2n) is 7.15. The Morgan fingerprint density at radius 2 is 2.10 bits per heavy atom. The SMILES string of the molecule is N#Cc1ccn2ncc(-c3ncc4[nH]c(=O)n(C5CCN(C(=O)O)CC5)c4n3)c2c1. The third-order valence-electron chi connectivity index (χ3n) is 5.45. The van der Waals surface area contributed by atoms with Crippen molar-refractivity contribution in [3.63, 3.8) is 0 Å². The minimum Gasteiger partial charge on any atom is -0.465 e. The Morgan fingerprint density at radius 3 is 2.83 bits per heavy atom. The van der Waals surface area contributed by atoms with Crippen molar-refractivity contribution >= 4 is 22.8 Å². The molecule has 0 atom stereocenters. The van der Waals surface area contributed by atoms with E-state index in [4.69, 9.17) is 5.11 Å². The molecule has 0 unspecified atom stereocenters. The zero-order chi connectivity index (χ0) is 20.8. The summed E-state index contributed by atoms with van der Waals surface area (Å²) in [6.45, 7) is 0.726. The van der Waals surface area contributed by atoms with Gasteiger partial charge in [0.15, 0.2) is 11.5 Å². The number of nitrogens with zero attached hydrogens (tertiary/aromatic N) is 7. The van der Waals surface area contributed by atoms with Crippen molar-refractivity contribution in [1.29, 1.82) is 5.26 Å². The van der Waals surface area contributed by atoms with Crippen LogP contribution in [0.5, 0.6) is 0 Å². The van der Waals surface area contributed by atoms with Gasteiger partial charge in [0.05, 0.1) is 35.1 Å². The van der Waals surface area contributed by atoms with Crippen molar-refractivity contribution in [3.05, 3.63) is 46.8 Å². The smallest absolute Gasteiger partial charge is 0.407 e. The zero-order valence-corrected chi connectivity index (χ0v) is 15.7. The van der Waals surface area contributed by atoms with E-state index in [9.17, 15) is 14.9 Å². The van der Waals surface area contributed by atoms with Gasteiger partial charge in [0, 0.05) is 25.3 Å². The molecule has 30 heavy (non-hydrogen) atoms. The van der Waals surface area contributed by atoms with Gasteiger partial charge in [0.1, 0.15) is 5.52 Å². The summed E-state index contributed by atoms with van der Waals surface area (Å²) < 4.78 is 3.22. The first-order valence-corrected chi connectivity index (χ1v) is 9.38. The van der Waals surface area contributed by atoms with Crippen molar-refractivity contribution in [1.82, 2.24) is 34.0 Å². The number of hydrogen-bond acceptors (Lipinski definition) is 6. The van der Waals surface area contributed by atoms with E-state index in [2.05, 4.69) is 26.1 Å². The monoisotopic (exact) mass is 404 g/mol. The van der Waals surface area contributed by atoms with Crippen LogP contribution >= 0.6 is 0 Å². The number of fused-ring (bicyclic) bond motifs is 2. The maximum absolute atomic E-state index is 12.6. The minimum atomic E-state index is -0.950. The van der Waals surface area contributed by atoms with Crippen molar-refractivity contribution in [2.24, 2.45) is 0 Å². The Kier molecular flexibility index (Phi) is 3.99. The zero-order valence-electron chi connectivity index (χ0n) is 15.7. The normalized spacial score (nSPS) is 15.0. The molecule has 1 aliphatic rings. The van der Waals surface area contributed by atoms with Gasteiger partial charge in [-0.1, -0.05) is 0 Å². The number of imidazole rings is 1. The number of carbonyl (C=O) groups is 1. The predicted molar refractivity (Wildman–Crippen MR) is 105 cm³/mol. The highest BCUT2D eigenvalue weighted by Crippen LogP contribution is 2.27. The quantitative estimate of drug-likeness (QED) is 0.516. The molecule has 1 aliphatic heterocycles. The van der Waals surface area contributed by atoms with Crippen LogP contribution in [0.2, 0.25) is 0 Å². The Balaban J connectivity index is 1.59. The predicted octanol–water partition coefficient (Wildman–Crippen LogP) is 1.62. The lowest BCUT2D eigenvalue weighted by atomic mass is 10.1. The molecule has 11 nitrogen and oxygen atoms in total. The van der Waals surface area contributed by atoms with Crippen molar-refractivity contribution in [2.45, 2.75) is 18.9 Å². The molecule has 0 aromatic carbocycles. The van der Waals surface area contributed by atoms with Crippen LogP contribution < -0.4 is 5.69 Å². The van der Waals surface area contributed by atoms with Crippen LogP contribution in [0.3, 0.4) is 0 Å². The van der Waals surface area contributed by atoms with Crippen LogP contribution in [0.15, 0.2) is 35.5 Å². The Hall–Kier alpha value is -4.20. The number of rotatable bonds is 2. The Morgan fingerprint density at radius 1 is 1.30 bits per heavy atom. The average molecular weight is 404 g/mol. The molecule has 11 heteroatoms. The molecule has 0 bridgehead atoms.